The fourth-order valence-corrected chi connectivity index (χ4v) is 5.24. The molecule has 4 aromatic rings. The molecule has 1 aliphatic rings. The first-order valence-corrected chi connectivity index (χ1v) is 12.9. The van der Waals surface area contributed by atoms with Crippen LogP contribution in [0.1, 0.15) is 12.5 Å². The normalized spacial score (nSPS) is 13.9. The van der Waals surface area contributed by atoms with Gasteiger partial charge in [-0.2, -0.15) is 0 Å². The van der Waals surface area contributed by atoms with Crippen LogP contribution < -0.4 is 5.56 Å². The molecule has 5 rings (SSSR count). The predicted octanol–water partition coefficient (Wildman–Crippen LogP) is 3.57. The second-order valence-electron chi connectivity index (χ2n) is 8.62. The summed E-state index contributed by atoms with van der Waals surface area (Å²) in [5.41, 5.74) is 3.43. The molecule has 0 bridgehead atoms. The van der Waals surface area contributed by atoms with Crippen molar-refractivity contribution >= 4 is 45.7 Å². The summed E-state index contributed by atoms with van der Waals surface area (Å²) in [5, 5.41) is 1.32. The molecule has 1 N–H and O–H groups in total. The number of aromatic amines is 1. The first-order valence-electron chi connectivity index (χ1n) is 11.9. The maximum atomic E-state index is 13.6. The lowest BCUT2D eigenvalue weighted by Crippen LogP contribution is -2.51. The van der Waals surface area contributed by atoms with Gasteiger partial charge in [-0.3, -0.25) is 14.2 Å². The number of ether oxygens (including phenoxy) is 1. The number of rotatable bonds is 5. The molecule has 9 nitrogen and oxygen atoms in total. The molecule has 1 fully saturated rings. The molecule has 2 aromatic heterocycles. The number of nitrogens with zero attached hydrogens (tertiary/aromatic N) is 4. The molecule has 3 heterocycles. The molecule has 1 saturated heterocycles. The maximum Gasteiger partial charge on any atom is 0.409 e. The van der Waals surface area contributed by atoms with Crippen LogP contribution in [-0.2, 0) is 9.53 Å². The van der Waals surface area contributed by atoms with Crippen LogP contribution in [0.25, 0.3) is 27.6 Å². The molecule has 1 aliphatic heterocycles. The standard InChI is InChI=1S/C26H27N5O4S/c1-3-35-26(34)30-14-12-29(13-15-30)21(32)16-36-25-28-22-19-6-4-5-7-20(19)27-23(22)24(33)31(25)18-10-8-17(2)9-11-18/h4-11,27H,3,12-16H2,1-2H3. The summed E-state index contributed by atoms with van der Waals surface area (Å²) in [4.78, 5) is 50.0. The summed E-state index contributed by atoms with van der Waals surface area (Å²) in [7, 11) is 0. The lowest BCUT2D eigenvalue weighted by Gasteiger charge is -2.34. The average Bonchev–Trinajstić information content (AvgIpc) is 3.27. The summed E-state index contributed by atoms with van der Waals surface area (Å²) in [6.07, 6.45) is -0.350. The number of amides is 2. The van der Waals surface area contributed by atoms with Gasteiger partial charge in [-0.05, 0) is 32.0 Å². The van der Waals surface area contributed by atoms with E-state index in [1.807, 2.05) is 55.5 Å². The first-order chi connectivity index (χ1) is 17.5. The van der Waals surface area contributed by atoms with Crippen LogP contribution in [0.3, 0.4) is 0 Å². The second kappa shape index (κ2) is 10.1. The Morgan fingerprint density at radius 1 is 1.03 bits per heavy atom. The zero-order valence-electron chi connectivity index (χ0n) is 20.2. The summed E-state index contributed by atoms with van der Waals surface area (Å²) < 4.78 is 6.61. The molecule has 186 valence electrons. The number of para-hydroxylation sites is 1. The van der Waals surface area contributed by atoms with Crippen molar-refractivity contribution in [3.63, 3.8) is 0 Å². The van der Waals surface area contributed by atoms with Gasteiger partial charge in [0.05, 0.1) is 18.0 Å². The van der Waals surface area contributed by atoms with Crippen LogP contribution in [0.5, 0.6) is 0 Å². The van der Waals surface area contributed by atoms with E-state index in [0.717, 1.165) is 16.5 Å². The Morgan fingerprint density at radius 2 is 1.72 bits per heavy atom. The van der Waals surface area contributed by atoms with Gasteiger partial charge < -0.3 is 19.5 Å². The Kier molecular flexibility index (Phi) is 6.69. The van der Waals surface area contributed by atoms with E-state index in [2.05, 4.69) is 4.98 Å². The van der Waals surface area contributed by atoms with E-state index in [9.17, 15) is 14.4 Å². The third-order valence-electron chi connectivity index (χ3n) is 6.27. The number of thioether (sulfide) groups is 1. The van der Waals surface area contributed by atoms with Crippen molar-refractivity contribution in [2.75, 3.05) is 38.5 Å². The molecule has 0 unspecified atom stereocenters. The number of benzene rings is 2. The van der Waals surface area contributed by atoms with E-state index in [0.29, 0.717) is 54.7 Å². The number of aryl methyl sites for hydroxylation is 1. The van der Waals surface area contributed by atoms with Gasteiger partial charge in [-0.1, -0.05) is 47.7 Å². The van der Waals surface area contributed by atoms with Crippen LogP contribution in [0, 0.1) is 6.92 Å². The minimum Gasteiger partial charge on any atom is -0.450 e. The number of carbonyl (C=O) groups is 2. The van der Waals surface area contributed by atoms with Crippen LogP contribution in [0.4, 0.5) is 4.79 Å². The van der Waals surface area contributed by atoms with E-state index >= 15 is 0 Å². The zero-order chi connectivity index (χ0) is 25.2. The summed E-state index contributed by atoms with van der Waals surface area (Å²) in [6.45, 7) is 5.83. The zero-order valence-corrected chi connectivity index (χ0v) is 21.0. The molecule has 0 aliphatic carbocycles. The third kappa shape index (κ3) is 4.56. The molecule has 2 amide bonds. The van der Waals surface area contributed by atoms with Crippen LogP contribution in [0.15, 0.2) is 58.5 Å². The predicted molar refractivity (Wildman–Crippen MR) is 140 cm³/mol. The van der Waals surface area contributed by atoms with Crippen molar-refractivity contribution in [2.45, 2.75) is 19.0 Å². The molecule has 0 atom stereocenters. The van der Waals surface area contributed by atoms with E-state index in [-0.39, 0.29) is 23.3 Å². The molecule has 10 heteroatoms. The van der Waals surface area contributed by atoms with Gasteiger partial charge in [0.2, 0.25) is 5.91 Å². The lowest BCUT2D eigenvalue weighted by molar-refractivity contribution is -0.129. The van der Waals surface area contributed by atoms with E-state index in [1.165, 1.54) is 11.8 Å². The number of fused-ring (bicyclic) bond motifs is 3. The van der Waals surface area contributed by atoms with E-state index in [1.54, 1.807) is 21.3 Å². The molecule has 0 spiro atoms. The van der Waals surface area contributed by atoms with Crippen molar-refractivity contribution in [1.29, 1.82) is 0 Å². The number of piperazine rings is 1. The number of nitrogens with one attached hydrogen (secondary N) is 1. The van der Waals surface area contributed by atoms with E-state index in [4.69, 9.17) is 9.72 Å². The number of hydrogen-bond donors (Lipinski definition) is 1. The Morgan fingerprint density at radius 3 is 2.44 bits per heavy atom. The van der Waals surface area contributed by atoms with Crippen molar-refractivity contribution in [2.24, 2.45) is 0 Å². The Labute approximate surface area is 212 Å². The highest BCUT2D eigenvalue weighted by atomic mass is 32.2. The van der Waals surface area contributed by atoms with Crippen LogP contribution in [0.2, 0.25) is 0 Å². The fraction of sp³-hybridized carbons (Fsp3) is 0.308. The first kappa shape index (κ1) is 23.9. The Balaban J connectivity index is 1.43. The number of H-pyrrole nitrogens is 1. The van der Waals surface area contributed by atoms with Gasteiger partial charge in [0.25, 0.3) is 5.56 Å². The summed E-state index contributed by atoms with van der Waals surface area (Å²) >= 11 is 1.25. The molecule has 0 radical (unpaired) electrons. The van der Waals surface area contributed by atoms with Crippen molar-refractivity contribution < 1.29 is 14.3 Å². The van der Waals surface area contributed by atoms with Crippen molar-refractivity contribution in [3.8, 4) is 5.69 Å². The average molecular weight is 506 g/mol. The fourth-order valence-electron chi connectivity index (χ4n) is 4.33. The van der Waals surface area contributed by atoms with Crippen LogP contribution in [-0.4, -0.2) is 74.9 Å². The number of hydrogen-bond acceptors (Lipinski definition) is 6. The SMILES string of the molecule is CCOC(=O)N1CCN(C(=O)CSc2nc3c([nH]c4ccccc43)c(=O)n2-c2ccc(C)cc2)CC1. The third-order valence-corrected chi connectivity index (χ3v) is 7.19. The summed E-state index contributed by atoms with van der Waals surface area (Å²) in [5.74, 6) is 0.0678. The van der Waals surface area contributed by atoms with Gasteiger partial charge in [0.15, 0.2) is 5.16 Å². The number of aromatic nitrogens is 3. The largest absolute Gasteiger partial charge is 0.450 e. The van der Waals surface area contributed by atoms with Gasteiger partial charge in [-0.15, -0.1) is 0 Å². The Hall–Kier alpha value is -3.79. The molecular weight excluding hydrogens is 478 g/mol. The van der Waals surface area contributed by atoms with E-state index < -0.39 is 0 Å². The molecule has 2 aromatic carbocycles. The smallest absolute Gasteiger partial charge is 0.409 e. The van der Waals surface area contributed by atoms with Gasteiger partial charge in [-0.25, -0.2) is 9.78 Å². The van der Waals surface area contributed by atoms with Crippen LogP contribution >= 0.6 is 11.8 Å². The lowest BCUT2D eigenvalue weighted by atomic mass is 10.2. The Bertz CT molecular complexity index is 1490. The highest BCUT2D eigenvalue weighted by Crippen LogP contribution is 2.26. The maximum absolute atomic E-state index is 13.6. The molecule has 0 saturated carbocycles. The topological polar surface area (TPSA) is 101 Å². The monoisotopic (exact) mass is 505 g/mol. The minimum absolute atomic E-state index is 0.0627. The summed E-state index contributed by atoms with van der Waals surface area (Å²) in [6, 6.07) is 15.3. The van der Waals surface area contributed by atoms with Gasteiger partial charge >= 0.3 is 6.09 Å². The highest BCUT2D eigenvalue weighted by Gasteiger charge is 2.25. The quantitative estimate of drug-likeness (QED) is 0.329. The van der Waals surface area contributed by atoms with Gasteiger partial charge in [0, 0.05) is 37.1 Å². The second-order valence-corrected chi connectivity index (χ2v) is 9.56. The van der Waals surface area contributed by atoms with Crippen molar-refractivity contribution in [1.82, 2.24) is 24.3 Å². The van der Waals surface area contributed by atoms with Gasteiger partial charge in [0.1, 0.15) is 11.0 Å². The highest BCUT2D eigenvalue weighted by molar-refractivity contribution is 7.99. The molecular formula is C26H27N5O4S. The molecule has 36 heavy (non-hydrogen) atoms. The minimum atomic E-state index is -0.350. The van der Waals surface area contributed by atoms with Crippen molar-refractivity contribution in [3.05, 3.63) is 64.4 Å². The number of carbonyl (C=O) groups excluding carboxylic acids is 2.